The molecule has 0 aromatic heterocycles. The van der Waals surface area contributed by atoms with Crippen molar-refractivity contribution in [2.45, 2.75) is 63.7 Å². The first-order valence-electron chi connectivity index (χ1n) is 9.06. The largest absolute Gasteiger partial charge is 0.351 e. The van der Waals surface area contributed by atoms with E-state index in [2.05, 4.69) is 16.0 Å². The number of nitrogens with one attached hydrogen (secondary N) is 3. The molecule has 0 radical (unpaired) electrons. The Bertz CT molecular complexity index is 637. The van der Waals surface area contributed by atoms with E-state index in [1.54, 1.807) is 24.3 Å². The fourth-order valence-corrected chi connectivity index (χ4v) is 4.09. The molecule has 2 aliphatic heterocycles. The van der Waals surface area contributed by atoms with Crippen LogP contribution in [-0.2, 0) is 4.79 Å². The van der Waals surface area contributed by atoms with E-state index in [1.165, 1.54) is 12.8 Å². The minimum atomic E-state index is -0.573. The Morgan fingerprint density at radius 3 is 2.40 bits per heavy atom. The third kappa shape index (κ3) is 4.33. The van der Waals surface area contributed by atoms with E-state index in [9.17, 15) is 9.59 Å². The van der Waals surface area contributed by atoms with E-state index in [4.69, 9.17) is 11.6 Å². The number of halogens is 1. The predicted octanol–water partition coefficient (Wildman–Crippen LogP) is 2.49. The van der Waals surface area contributed by atoms with Gasteiger partial charge in [-0.1, -0.05) is 37.6 Å². The van der Waals surface area contributed by atoms with Gasteiger partial charge < -0.3 is 16.0 Å². The number of benzene rings is 1. The standard InChI is InChI=1S/C19H26ClN3O2/c1-11(2)17(23-18(24)15-5-3-4-6-16(15)20)19(25)22-14-9-12-7-8-13(10-14)21-12/h3-6,11-14,17,21H,7-10H2,1-2H3,(H,22,25)(H,23,24). The van der Waals surface area contributed by atoms with Crippen molar-refractivity contribution in [2.75, 3.05) is 0 Å². The molecular weight excluding hydrogens is 338 g/mol. The van der Waals surface area contributed by atoms with Gasteiger partial charge in [-0.2, -0.15) is 0 Å². The average Bonchev–Trinajstić information content (AvgIpc) is 2.91. The maximum atomic E-state index is 12.8. The summed E-state index contributed by atoms with van der Waals surface area (Å²) in [6, 6.07) is 7.51. The summed E-state index contributed by atoms with van der Waals surface area (Å²) < 4.78 is 0. The molecule has 2 fully saturated rings. The first kappa shape index (κ1) is 18.2. The minimum absolute atomic E-state index is 0.00937. The lowest BCUT2D eigenvalue weighted by Gasteiger charge is -2.31. The van der Waals surface area contributed by atoms with Gasteiger partial charge in [0.1, 0.15) is 6.04 Å². The minimum Gasteiger partial charge on any atom is -0.351 e. The number of rotatable bonds is 5. The van der Waals surface area contributed by atoms with E-state index in [1.807, 2.05) is 13.8 Å². The Kier molecular flexibility index (Phi) is 5.64. The molecular formula is C19H26ClN3O2. The van der Waals surface area contributed by atoms with Gasteiger partial charge in [-0.25, -0.2) is 0 Å². The maximum absolute atomic E-state index is 12.8. The molecule has 1 aromatic rings. The smallest absolute Gasteiger partial charge is 0.253 e. The van der Waals surface area contributed by atoms with E-state index < -0.39 is 6.04 Å². The second-order valence-corrected chi connectivity index (χ2v) is 7.90. The van der Waals surface area contributed by atoms with Crippen LogP contribution in [0.2, 0.25) is 5.02 Å². The number of piperidine rings is 1. The maximum Gasteiger partial charge on any atom is 0.253 e. The number of hydrogen-bond acceptors (Lipinski definition) is 3. The summed E-state index contributed by atoms with van der Waals surface area (Å²) in [7, 11) is 0. The second kappa shape index (κ2) is 7.75. The molecule has 1 aromatic carbocycles. The van der Waals surface area contributed by atoms with Gasteiger partial charge in [-0.15, -0.1) is 0 Å². The van der Waals surface area contributed by atoms with Crippen molar-refractivity contribution >= 4 is 23.4 Å². The van der Waals surface area contributed by atoms with Crippen LogP contribution in [0.1, 0.15) is 49.9 Å². The monoisotopic (exact) mass is 363 g/mol. The Labute approximate surface area is 153 Å². The Balaban J connectivity index is 1.63. The second-order valence-electron chi connectivity index (χ2n) is 7.49. The Morgan fingerprint density at radius 2 is 1.80 bits per heavy atom. The first-order chi connectivity index (χ1) is 11.9. The van der Waals surface area contributed by atoms with Crippen LogP contribution in [0.3, 0.4) is 0 Å². The highest BCUT2D eigenvalue weighted by atomic mass is 35.5. The van der Waals surface area contributed by atoms with Crippen molar-refractivity contribution in [3.05, 3.63) is 34.9 Å². The average molecular weight is 364 g/mol. The Hall–Kier alpha value is -1.59. The molecule has 0 saturated carbocycles. The number of carbonyl (C=O) groups is 2. The molecule has 0 aliphatic carbocycles. The summed E-state index contributed by atoms with van der Waals surface area (Å²) in [5.74, 6) is -0.434. The lowest BCUT2D eigenvalue weighted by atomic mass is 9.97. The highest BCUT2D eigenvalue weighted by Gasteiger charge is 2.35. The Morgan fingerprint density at radius 1 is 1.16 bits per heavy atom. The third-order valence-corrected chi connectivity index (χ3v) is 5.50. The number of fused-ring (bicyclic) bond motifs is 2. The fraction of sp³-hybridized carbons (Fsp3) is 0.579. The molecule has 3 rings (SSSR count). The molecule has 2 bridgehead atoms. The summed E-state index contributed by atoms with van der Waals surface area (Å²) in [6.07, 6.45) is 4.30. The van der Waals surface area contributed by atoms with Gasteiger partial charge in [-0.3, -0.25) is 9.59 Å². The zero-order chi connectivity index (χ0) is 18.0. The lowest BCUT2D eigenvalue weighted by molar-refractivity contribution is -0.124. The quantitative estimate of drug-likeness (QED) is 0.752. The van der Waals surface area contributed by atoms with Crippen molar-refractivity contribution in [3.8, 4) is 0 Å². The van der Waals surface area contributed by atoms with Crippen LogP contribution >= 0.6 is 11.6 Å². The normalized spacial score (nSPS) is 26.3. The van der Waals surface area contributed by atoms with Crippen molar-refractivity contribution in [3.63, 3.8) is 0 Å². The van der Waals surface area contributed by atoms with Crippen molar-refractivity contribution < 1.29 is 9.59 Å². The molecule has 2 heterocycles. The molecule has 5 nitrogen and oxygen atoms in total. The van der Waals surface area contributed by atoms with Gasteiger partial charge in [0.05, 0.1) is 10.6 Å². The van der Waals surface area contributed by atoms with Crippen LogP contribution in [0.25, 0.3) is 0 Å². The summed E-state index contributed by atoms with van der Waals surface area (Å²) in [5.41, 5.74) is 0.391. The summed E-state index contributed by atoms with van der Waals surface area (Å²) in [5, 5.41) is 9.95. The van der Waals surface area contributed by atoms with Crippen LogP contribution in [0.5, 0.6) is 0 Å². The molecule has 3 atom stereocenters. The van der Waals surface area contributed by atoms with Gasteiger partial charge in [0, 0.05) is 18.1 Å². The zero-order valence-corrected chi connectivity index (χ0v) is 15.5. The van der Waals surface area contributed by atoms with Crippen LogP contribution in [0.15, 0.2) is 24.3 Å². The van der Waals surface area contributed by atoms with Crippen LogP contribution in [0, 0.1) is 5.92 Å². The molecule has 2 saturated heterocycles. The summed E-state index contributed by atoms with van der Waals surface area (Å²) in [4.78, 5) is 25.3. The highest BCUT2D eigenvalue weighted by Crippen LogP contribution is 2.27. The van der Waals surface area contributed by atoms with Crippen LogP contribution < -0.4 is 16.0 Å². The number of amides is 2. The molecule has 2 amide bonds. The van der Waals surface area contributed by atoms with E-state index in [0.29, 0.717) is 22.7 Å². The third-order valence-electron chi connectivity index (χ3n) is 5.17. The van der Waals surface area contributed by atoms with Gasteiger partial charge in [0.25, 0.3) is 5.91 Å². The molecule has 25 heavy (non-hydrogen) atoms. The van der Waals surface area contributed by atoms with Gasteiger partial charge in [0.15, 0.2) is 0 Å². The van der Waals surface area contributed by atoms with Gasteiger partial charge >= 0.3 is 0 Å². The topological polar surface area (TPSA) is 70.2 Å². The van der Waals surface area contributed by atoms with Crippen molar-refractivity contribution in [2.24, 2.45) is 5.92 Å². The van der Waals surface area contributed by atoms with Gasteiger partial charge in [-0.05, 0) is 43.7 Å². The van der Waals surface area contributed by atoms with Gasteiger partial charge in [0.2, 0.25) is 5.91 Å². The van der Waals surface area contributed by atoms with Crippen molar-refractivity contribution in [1.82, 2.24) is 16.0 Å². The molecule has 6 heteroatoms. The highest BCUT2D eigenvalue weighted by molar-refractivity contribution is 6.33. The van der Waals surface area contributed by atoms with E-state index in [-0.39, 0.29) is 23.8 Å². The summed E-state index contributed by atoms with van der Waals surface area (Å²) >= 11 is 6.09. The molecule has 0 spiro atoms. The number of hydrogen-bond donors (Lipinski definition) is 3. The number of carbonyl (C=O) groups excluding carboxylic acids is 2. The van der Waals surface area contributed by atoms with E-state index >= 15 is 0 Å². The van der Waals surface area contributed by atoms with Crippen LogP contribution in [-0.4, -0.2) is 36.0 Å². The SMILES string of the molecule is CC(C)C(NC(=O)c1ccccc1Cl)C(=O)NC1CC2CCC(C1)N2. The first-order valence-corrected chi connectivity index (χ1v) is 9.43. The van der Waals surface area contributed by atoms with Crippen LogP contribution in [0.4, 0.5) is 0 Å². The zero-order valence-electron chi connectivity index (χ0n) is 14.7. The fourth-order valence-electron chi connectivity index (χ4n) is 3.87. The van der Waals surface area contributed by atoms with Crippen molar-refractivity contribution in [1.29, 1.82) is 0 Å². The molecule has 3 unspecified atom stereocenters. The molecule has 136 valence electrons. The summed E-state index contributed by atoms with van der Waals surface area (Å²) in [6.45, 7) is 3.87. The lowest BCUT2D eigenvalue weighted by Crippen LogP contribution is -2.55. The predicted molar refractivity (Wildman–Crippen MR) is 98.7 cm³/mol. The molecule has 2 aliphatic rings. The molecule has 3 N–H and O–H groups in total. The van der Waals surface area contributed by atoms with E-state index in [0.717, 1.165) is 12.8 Å².